The third-order valence-electron chi connectivity index (χ3n) is 3.89. The van der Waals surface area contributed by atoms with Gasteiger partial charge in [0, 0.05) is 20.2 Å². The molecule has 0 bridgehead atoms. The topological polar surface area (TPSA) is 103 Å². The highest BCUT2D eigenvalue weighted by atomic mass is 32.2. The number of hydrogen-bond acceptors (Lipinski definition) is 6. The summed E-state index contributed by atoms with van der Waals surface area (Å²) in [6, 6.07) is 13.3. The normalized spacial score (nSPS) is 11.0. The molecular formula is C21H26N2O6S. The number of ether oxygens (including phenoxy) is 3. The highest BCUT2D eigenvalue weighted by molar-refractivity contribution is 7.89. The van der Waals surface area contributed by atoms with Crippen LogP contribution in [0, 0.1) is 0 Å². The van der Waals surface area contributed by atoms with Crippen molar-refractivity contribution in [1.82, 2.24) is 10.0 Å². The van der Waals surface area contributed by atoms with Crippen LogP contribution in [0.1, 0.15) is 5.56 Å². The molecule has 0 aliphatic heterocycles. The lowest BCUT2D eigenvalue weighted by Gasteiger charge is -2.12. The van der Waals surface area contributed by atoms with Crippen LogP contribution < -0.4 is 19.5 Å². The number of hydrogen-bond donors (Lipinski definition) is 2. The highest BCUT2D eigenvalue weighted by Gasteiger charge is 2.13. The van der Waals surface area contributed by atoms with E-state index in [1.807, 2.05) is 6.07 Å². The van der Waals surface area contributed by atoms with Crippen LogP contribution in [0.15, 0.2) is 66.1 Å². The van der Waals surface area contributed by atoms with E-state index in [1.165, 1.54) is 19.2 Å². The van der Waals surface area contributed by atoms with E-state index in [0.29, 0.717) is 18.1 Å². The molecule has 0 aliphatic rings. The first-order valence-electron chi connectivity index (χ1n) is 9.26. The molecule has 0 aliphatic carbocycles. The number of benzene rings is 2. The number of nitrogens with one attached hydrogen (secondary N) is 2. The second-order valence-electron chi connectivity index (χ2n) is 6.15. The predicted octanol–water partition coefficient (Wildman–Crippen LogP) is 1.87. The summed E-state index contributed by atoms with van der Waals surface area (Å²) in [5, 5.41) is 2.73. The van der Waals surface area contributed by atoms with E-state index in [4.69, 9.17) is 14.2 Å². The number of sulfonamides is 1. The van der Waals surface area contributed by atoms with E-state index in [1.54, 1.807) is 36.4 Å². The van der Waals surface area contributed by atoms with Crippen molar-refractivity contribution >= 4 is 15.9 Å². The van der Waals surface area contributed by atoms with Crippen LogP contribution in [0.4, 0.5) is 0 Å². The second kappa shape index (κ2) is 12.0. The van der Waals surface area contributed by atoms with Gasteiger partial charge in [0.05, 0.1) is 11.5 Å². The highest BCUT2D eigenvalue weighted by Crippen LogP contribution is 2.26. The monoisotopic (exact) mass is 434 g/mol. The van der Waals surface area contributed by atoms with Crippen LogP contribution in [0.3, 0.4) is 0 Å². The fourth-order valence-corrected chi connectivity index (χ4v) is 3.39. The number of amides is 1. The number of carbonyl (C=O) groups excluding carboxylic acids is 1. The molecule has 0 saturated heterocycles. The molecule has 0 atom stereocenters. The van der Waals surface area contributed by atoms with Gasteiger partial charge in [-0.2, -0.15) is 0 Å². The fraction of sp³-hybridized carbons (Fsp3) is 0.286. The van der Waals surface area contributed by atoms with Gasteiger partial charge in [-0.1, -0.05) is 36.9 Å². The maximum atomic E-state index is 12.1. The molecule has 2 rings (SSSR count). The number of carbonyl (C=O) groups is 1. The Morgan fingerprint density at radius 2 is 1.73 bits per heavy atom. The Balaban J connectivity index is 1.83. The minimum atomic E-state index is -3.59. The molecule has 0 heterocycles. The van der Waals surface area contributed by atoms with E-state index >= 15 is 0 Å². The SMILES string of the molecule is C=CCOc1ccccc1OCC(=O)NCc1ccc(S(=O)(=O)NCCOC)cc1. The Hall–Kier alpha value is -2.88. The van der Waals surface area contributed by atoms with Crippen LogP contribution in [0.2, 0.25) is 0 Å². The Labute approximate surface area is 176 Å². The lowest BCUT2D eigenvalue weighted by molar-refractivity contribution is -0.123. The van der Waals surface area contributed by atoms with E-state index in [9.17, 15) is 13.2 Å². The zero-order chi connectivity index (χ0) is 21.8. The van der Waals surface area contributed by atoms with Crippen molar-refractivity contribution in [2.45, 2.75) is 11.4 Å². The van der Waals surface area contributed by atoms with Crippen molar-refractivity contribution < 1.29 is 27.4 Å². The van der Waals surface area contributed by atoms with Crippen molar-refractivity contribution in [2.75, 3.05) is 33.5 Å². The molecule has 0 spiro atoms. The van der Waals surface area contributed by atoms with Crippen LogP contribution in [0.25, 0.3) is 0 Å². The summed E-state index contributed by atoms with van der Waals surface area (Å²) in [7, 11) is -2.09. The van der Waals surface area contributed by atoms with Crippen molar-refractivity contribution in [3.05, 3.63) is 66.7 Å². The van der Waals surface area contributed by atoms with Crippen molar-refractivity contribution in [3.8, 4) is 11.5 Å². The molecule has 2 N–H and O–H groups in total. The van der Waals surface area contributed by atoms with Crippen LogP contribution >= 0.6 is 0 Å². The van der Waals surface area contributed by atoms with Gasteiger partial charge in [0.15, 0.2) is 18.1 Å². The summed E-state index contributed by atoms with van der Waals surface area (Å²) in [4.78, 5) is 12.2. The summed E-state index contributed by atoms with van der Waals surface area (Å²) in [5.74, 6) is 0.678. The molecule has 0 saturated carbocycles. The van der Waals surface area contributed by atoms with E-state index < -0.39 is 10.0 Å². The van der Waals surface area contributed by atoms with E-state index in [0.717, 1.165) is 5.56 Å². The molecule has 0 fully saturated rings. The van der Waals surface area contributed by atoms with Gasteiger partial charge in [-0.15, -0.1) is 0 Å². The van der Waals surface area contributed by atoms with Crippen LogP contribution in [0.5, 0.6) is 11.5 Å². The molecule has 2 aromatic carbocycles. The Bertz CT molecular complexity index is 929. The zero-order valence-corrected chi connectivity index (χ0v) is 17.6. The first-order chi connectivity index (χ1) is 14.5. The quantitative estimate of drug-likeness (QED) is 0.369. The van der Waals surface area contributed by atoms with Crippen molar-refractivity contribution in [1.29, 1.82) is 0 Å². The second-order valence-corrected chi connectivity index (χ2v) is 7.91. The zero-order valence-electron chi connectivity index (χ0n) is 16.8. The van der Waals surface area contributed by atoms with Crippen LogP contribution in [-0.2, 0) is 26.1 Å². The number of methoxy groups -OCH3 is 1. The first-order valence-corrected chi connectivity index (χ1v) is 10.7. The maximum Gasteiger partial charge on any atom is 0.258 e. The summed E-state index contributed by atoms with van der Waals surface area (Å²) in [6.07, 6.45) is 1.62. The molecule has 1 amide bonds. The van der Waals surface area contributed by atoms with Crippen molar-refractivity contribution in [3.63, 3.8) is 0 Å². The Morgan fingerprint density at radius 1 is 1.07 bits per heavy atom. The van der Waals surface area contributed by atoms with E-state index in [2.05, 4.69) is 16.6 Å². The van der Waals surface area contributed by atoms with Gasteiger partial charge in [0.2, 0.25) is 10.0 Å². The van der Waals surface area contributed by atoms with Gasteiger partial charge in [0.1, 0.15) is 6.61 Å². The largest absolute Gasteiger partial charge is 0.486 e. The lowest BCUT2D eigenvalue weighted by atomic mass is 10.2. The number of para-hydroxylation sites is 2. The lowest BCUT2D eigenvalue weighted by Crippen LogP contribution is -2.28. The minimum Gasteiger partial charge on any atom is -0.486 e. The fourth-order valence-electron chi connectivity index (χ4n) is 2.38. The smallest absolute Gasteiger partial charge is 0.258 e. The van der Waals surface area contributed by atoms with Gasteiger partial charge >= 0.3 is 0 Å². The van der Waals surface area contributed by atoms with Gasteiger partial charge in [0.25, 0.3) is 5.91 Å². The average Bonchev–Trinajstić information content (AvgIpc) is 2.75. The molecule has 30 heavy (non-hydrogen) atoms. The van der Waals surface area contributed by atoms with Gasteiger partial charge in [-0.25, -0.2) is 13.1 Å². The molecule has 0 radical (unpaired) electrons. The van der Waals surface area contributed by atoms with Gasteiger partial charge in [-0.3, -0.25) is 4.79 Å². The van der Waals surface area contributed by atoms with Gasteiger partial charge in [-0.05, 0) is 29.8 Å². The Kier molecular flexibility index (Phi) is 9.33. The molecule has 162 valence electrons. The standard InChI is InChI=1S/C21H26N2O6S/c1-3-13-28-19-6-4-5-7-20(19)29-16-21(24)22-15-17-8-10-18(11-9-17)30(25,26)23-12-14-27-2/h3-11,23H,1,12-16H2,2H3,(H,22,24). The summed E-state index contributed by atoms with van der Waals surface area (Å²) in [5.41, 5.74) is 0.758. The molecular weight excluding hydrogens is 408 g/mol. The molecule has 9 heteroatoms. The molecule has 0 aromatic heterocycles. The molecule has 0 unspecified atom stereocenters. The summed E-state index contributed by atoms with van der Waals surface area (Å²) in [6.45, 7) is 4.48. The van der Waals surface area contributed by atoms with Crippen LogP contribution in [-0.4, -0.2) is 47.8 Å². The molecule has 2 aromatic rings. The number of rotatable bonds is 13. The predicted molar refractivity (Wildman–Crippen MR) is 113 cm³/mol. The summed E-state index contributed by atoms with van der Waals surface area (Å²) < 4.78 is 42.5. The Morgan fingerprint density at radius 3 is 2.37 bits per heavy atom. The third kappa shape index (κ3) is 7.51. The molecule has 8 nitrogen and oxygen atoms in total. The van der Waals surface area contributed by atoms with Gasteiger partial charge < -0.3 is 19.5 Å². The van der Waals surface area contributed by atoms with Crippen molar-refractivity contribution in [2.24, 2.45) is 0 Å². The third-order valence-corrected chi connectivity index (χ3v) is 5.36. The minimum absolute atomic E-state index is 0.146. The summed E-state index contributed by atoms with van der Waals surface area (Å²) >= 11 is 0. The maximum absolute atomic E-state index is 12.1. The first kappa shape index (κ1) is 23.4. The van der Waals surface area contributed by atoms with E-state index in [-0.39, 0.29) is 37.1 Å². The average molecular weight is 435 g/mol.